The zero-order valence-electron chi connectivity index (χ0n) is 49.4. The Hall–Kier alpha value is -0.500. The average molecular weight is 1040 g/mol. The molecule has 9 heteroatoms. The Kier molecular flexibility index (Phi) is 56.3. The highest BCUT2D eigenvalue weighted by molar-refractivity contribution is 7.45. The first-order chi connectivity index (χ1) is 35.1. The molecule has 0 aromatic heterocycles. The van der Waals surface area contributed by atoms with Crippen LogP contribution >= 0.6 is 7.82 Å². The average Bonchev–Trinajstić information content (AvgIpc) is 3.34. The van der Waals surface area contributed by atoms with E-state index in [0.29, 0.717) is 24.1 Å². The highest BCUT2D eigenvalue weighted by Crippen LogP contribution is 2.38. The van der Waals surface area contributed by atoms with Crippen molar-refractivity contribution in [2.45, 2.75) is 347 Å². The Morgan fingerprint density at radius 1 is 0.375 bits per heavy atom. The third-order valence-corrected chi connectivity index (χ3v) is 15.9. The van der Waals surface area contributed by atoms with Crippen LogP contribution in [0.3, 0.4) is 0 Å². The van der Waals surface area contributed by atoms with E-state index in [1.54, 1.807) is 0 Å². The molecule has 0 aromatic rings. The molecule has 0 aliphatic rings. The third-order valence-electron chi connectivity index (χ3n) is 14.9. The largest absolute Gasteiger partial charge is 0.756 e. The molecule has 1 unspecified atom stereocenters. The number of esters is 1. The molecular weight excluding hydrogens is 914 g/mol. The van der Waals surface area contributed by atoms with Gasteiger partial charge in [-0.05, 0) is 12.8 Å². The fraction of sp³-hybridized carbons (Fsp3) is 0.984. The number of ether oxygens (including phenoxy) is 2. The molecule has 0 fully saturated rings. The molecule has 432 valence electrons. The van der Waals surface area contributed by atoms with Gasteiger partial charge >= 0.3 is 5.97 Å². The van der Waals surface area contributed by atoms with Crippen LogP contribution in [0.2, 0.25) is 0 Å². The van der Waals surface area contributed by atoms with Crippen molar-refractivity contribution in [3.05, 3.63) is 0 Å². The van der Waals surface area contributed by atoms with Crippen molar-refractivity contribution in [1.82, 2.24) is 0 Å². The number of hydrogen-bond acceptors (Lipinski definition) is 7. The SMILES string of the molecule is CCCCCCCCCCCCCCCCCCCCCCCCCCCCCCCCCCCCC(=O)O[C@H](COCCCCCCCCCCCCCCCCCC)COP(=O)([O-])OCC[N+](C)(C)C. The summed E-state index contributed by atoms with van der Waals surface area (Å²) in [6.07, 6.45) is 67.6. The topological polar surface area (TPSA) is 94.1 Å². The molecule has 2 atom stereocenters. The van der Waals surface area contributed by atoms with Gasteiger partial charge in [0.2, 0.25) is 0 Å². The minimum Gasteiger partial charge on any atom is -0.756 e. The lowest BCUT2D eigenvalue weighted by Crippen LogP contribution is -2.37. The van der Waals surface area contributed by atoms with Gasteiger partial charge in [-0.25, -0.2) is 0 Å². The second kappa shape index (κ2) is 56.7. The molecule has 0 saturated carbocycles. The lowest BCUT2D eigenvalue weighted by Gasteiger charge is -2.28. The maximum Gasteiger partial charge on any atom is 0.306 e. The summed E-state index contributed by atoms with van der Waals surface area (Å²) in [6.45, 7) is 5.51. The van der Waals surface area contributed by atoms with Crippen LogP contribution in [0.1, 0.15) is 341 Å². The first-order valence-electron chi connectivity index (χ1n) is 32.3. The van der Waals surface area contributed by atoms with Crippen LogP contribution in [-0.4, -0.2) is 70.7 Å². The van der Waals surface area contributed by atoms with Crippen molar-refractivity contribution in [2.24, 2.45) is 0 Å². The van der Waals surface area contributed by atoms with E-state index in [2.05, 4.69) is 13.8 Å². The first-order valence-corrected chi connectivity index (χ1v) is 33.7. The maximum absolute atomic E-state index is 12.8. The number of carbonyl (C=O) groups is 1. The number of unbranched alkanes of at least 4 members (excludes halogenated alkanes) is 48. The van der Waals surface area contributed by atoms with E-state index >= 15 is 0 Å². The molecule has 0 N–H and O–H groups in total. The minimum absolute atomic E-state index is 0.0320. The molecule has 0 rings (SSSR count). The fourth-order valence-electron chi connectivity index (χ4n) is 9.97. The van der Waals surface area contributed by atoms with Gasteiger partial charge in [0.1, 0.15) is 19.3 Å². The Bertz CT molecular complexity index is 1120. The van der Waals surface area contributed by atoms with E-state index in [0.717, 1.165) is 32.1 Å². The molecular formula is C63H128NO7P. The van der Waals surface area contributed by atoms with Crippen molar-refractivity contribution in [3.63, 3.8) is 0 Å². The summed E-state index contributed by atoms with van der Waals surface area (Å²) < 4.78 is 34.9. The predicted molar refractivity (Wildman–Crippen MR) is 310 cm³/mol. The van der Waals surface area contributed by atoms with E-state index in [9.17, 15) is 14.3 Å². The van der Waals surface area contributed by atoms with Crippen molar-refractivity contribution in [1.29, 1.82) is 0 Å². The maximum atomic E-state index is 12.8. The zero-order valence-corrected chi connectivity index (χ0v) is 50.3. The van der Waals surface area contributed by atoms with Crippen LogP contribution in [0, 0.1) is 0 Å². The monoisotopic (exact) mass is 1040 g/mol. The van der Waals surface area contributed by atoms with Crippen LogP contribution in [0.5, 0.6) is 0 Å². The van der Waals surface area contributed by atoms with Crippen molar-refractivity contribution < 1.29 is 37.3 Å². The lowest BCUT2D eigenvalue weighted by molar-refractivity contribution is -0.870. The Morgan fingerprint density at radius 2 is 0.639 bits per heavy atom. The van der Waals surface area contributed by atoms with Gasteiger partial charge in [0.25, 0.3) is 7.82 Å². The quantitative estimate of drug-likeness (QED) is 0.0259. The van der Waals surface area contributed by atoms with Gasteiger partial charge < -0.3 is 27.9 Å². The molecule has 0 bridgehead atoms. The minimum atomic E-state index is -4.53. The number of carbonyl (C=O) groups excluding carboxylic acids is 1. The van der Waals surface area contributed by atoms with Gasteiger partial charge in [-0.2, -0.15) is 0 Å². The molecule has 0 radical (unpaired) electrons. The molecule has 0 aromatic carbocycles. The summed E-state index contributed by atoms with van der Waals surface area (Å²) in [5.41, 5.74) is 0. The van der Waals surface area contributed by atoms with Crippen molar-refractivity contribution in [2.75, 3.05) is 54.1 Å². The molecule has 0 spiro atoms. The standard InChI is InChI=1S/C63H128NO7P/c1-6-8-10-12-14-16-18-20-22-24-25-26-27-28-29-30-31-32-33-34-35-36-37-38-39-40-41-42-44-46-48-50-52-54-56-63(65)71-62(61-70-72(66,67)69-59-57-64(3,4)5)60-68-58-55-53-51-49-47-45-43-23-21-19-17-15-13-11-9-7-2/h62H,6-61H2,1-5H3/t62-/m1/s1. The van der Waals surface area contributed by atoms with Gasteiger partial charge in [0.05, 0.1) is 34.4 Å². The number of nitrogens with zero attached hydrogens (tertiary/aromatic N) is 1. The van der Waals surface area contributed by atoms with Gasteiger partial charge in [0, 0.05) is 13.0 Å². The first kappa shape index (κ1) is 71.5. The second-order valence-corrected chi connectivity index (χ2v) is 24.9. The van der Waals surface area contributed by atoms with E-state index < -0.39 is 13.9 Å². The number of hydrogen-bond donors (Lipinski definition) is 0. The lowest BCUT2D eigenvalue weighted by atomic mass is 10.0. The van der Waals surface area contributed by atoms with Gasteiger partial charge in [-0.1, -0.05) is 322 Å². The summed E-state index contributed by atoms with van der Waals surface area (Å²) in [5.74, 6) is -0.322. The molecule has 8 nitrogen and oxygen atoms in total. The number of phosphoric ester groups is 1. The molecule has 72 heavy (non-hydrogen) atoms. The van der Waals surface area contributed by atoms with Crippen LogP contribution < -0.4 is 4.89 Å². The van der Waals surface area contributed by atoms with E-state index in [1.165, 1.54) is 289 Å². The zero-order chi connectivity index (χ0) is 52.6. The molecule has 0 amide bonds. The van der Waals surface area contributed by atoms with Gasteiger partial charge in [-0.15, -0.1) is 0 Å². The van der Waals surface area contributed by atoms with Crippen LogP contribution in [0.4, 0.5) is 0 Å². The van der Waals surface area contributed by atoms with Crippen molar-refractivity contribution in [3.8, 4) is 0 Å². The van der Waals surface area contributed by atoms with Crippen LogP contribution in [0.25, 0.3) is 0 Å². The Balaban J connectivity index is 3.84. The Labute approximate surface area is 450 Å². The van der Waals surface area contributed by atoms with Crippen molar-refractivity contribution >= 4 is 13.8 Å². The summed E-state index contributed by atoms with van der Waals surface area (Å²) >= 11 is 0. The van der Waals surface area contributed by atoms with Gasteiger partial charge in [0.15, 0.2) is 0 Å². The van der Waals surface area contributed by atoms with Crippen LogP contribution in [-0.2, 0) is 27.9 Å². The number of likely N-dealkylation sites (N-methyl/N-ethyl adjacent to an activating group) is 1. The molecule has 0 heterocycles. The normalized spacial score (nSPS) is 13.2. The predicted octanol–water partition coefficient (Wildman–Crippen LogP) is 20.1. The molecule has 0 aliphatic carbocycles. The number of quaternary nitrogens is 1. The summed E-state index contributed by atoms with van der Waals surface area (Å²) in [6, 6.07) is 0. The van der Waals surface area contributed by atoms with Crippen LogP contribution in [0.15, 0.2) is 0 Å². The van der Waals surface area contributed by atoms with E-state index in [4.69, 9.17) is 18.5 Å². The Morgan fingerprint density at radius 3 is 0.917 bits per heavy atom. The van der Waals surface area contributed by atoms with E-state index in [-0.39, 0.29) is 25.8 Å². The summed E-state index contributed by atoms with van der Waals surface area (Å²) in [4.78, 5) is 25.3. The van der Waals surface area contributed by atoms with Gasteiger partial charge in [-0.3, -0.25) is 9.36 Å². The van der Waals surface area contributed by atoms with E-state index in [1.807, 2.05) is 21.1 Å². The smallest absolute Gasteiger partial charge is 0.306 e. The molecule has 0 saturated heterocycles. The molecule has 0 aliphatic heterocycles. The summed E-state index contributed by atoms with van der Waals surface area (Å²) in [7, 11) is 1.38. The highest BCUT2D eigenvalue weighted by Gasteiger charge is 2.20. The fourth-order valence-corrected chi connectivity index (χ4v) is 10.7. The number of phosphoric acid groups is 1. The third kappa shape index (κ3) is 60.4. The highest BCUT2D eigenvalue weighted by atomic mass is 31.2. The second-order valence-electron chi connectivity index (χ2n) is 23.5. The summed E-state index contributed by atoms with van der Waals surface area (Å²) in [5, 5.41) is 0. The number of rotatable bonds is 62.